The molecule has 0 aliphatic heterocycles. The van der Waals surface area contributed by atoms with Gasteiger partial charge in [0, 0.05) is 34.6 Å². The number of nitriles is 1. The molecule has 1 aromatic carbocycles. The van der Waals surface area contributed by atoms with Crippen molar-refractivity contribution >= 4 is 10.9 Å². The molecule has 5 nitrogen and oxygen atoms in total. The third-order valence-electron chi connectivity index (χ3n) is 4.20. The number of rotatable bonds is 4. The Morgan fingerprint density at radius 3 is 2.92 bits per heavy atom. The number of pyridine rings is 1. The molecule has 25 heavy (non-hydrogen) atoms. The molecule has 0 saturated carbocycles. The zero-order valence-corrected chi connectivity index (χ0v) is 13.6. The van der Waals surface area contributed by atoms with E-state index in [1.54, 1.807) is 25.7 Å². The van der Waals surface area contributed by atoms with Gasteiger partial charge < -0.3 is 14.1 Å². The Balaban J connectivity index is 1.88. The van der Waals surface area contributed by atoms with Gasteiger partial charge in [-0.3, -0.25) is 0 Å². The van der Waals surface area contributed by atoms with Crippen LogP contribution in [-0.2, 0) is 6.42 Å². The minimum Gasteiger partial charge on any atom is -0.497 e. The van der Waals surface area contributed by atoms with Gasteiger partial charge in [-0.2, -0.15) is 5.26 Å². The molecule has 122 valence electrons. The van der Waals surface area contributed by atoms with Gasteiger partial charge >= 0.3 is 0 Å². The Morgan fingerprint density at radius 2 is 2.16 bits per heavy atom. The average molecular weight is 329 g/mol. The third-order valence-corrected chi connectivity index (χ3v) is 4.20. The van der Waals surface area contributed by atoms with Crippen LogP contribution in [0.25, 0.3) is 22.2 Å². The van der Waals surface area contributed by atoms with Gasteiger partial charge in [-0.15, -0.1) is 0 Å². The summed E-state index contributed by atoms with van der Waals surface area (Å²) < 4.78 is 10.6. The first-order valence-corrected chi connectivity index (χ1v) is 7.85. The van der Waals surface area contributed by atoms with E-state index in [4.69, 9.17) is 14.4 Å². The minimum atomic E-state index is 0.420. The molecule has 4 rings (SSSR count). The fraction of sp³-hybridized carbons (Fsp3) is 0.100. The summed E-state index contributed by atoms with van der Waals surface area (Å²) in [5.41, 5.74) is 5.33. The number of methoxy groups -OCH3 is 1. The normalized spacial score (nSPS) is 10.7. The standard InChI is InChI=1S/C20H15N3O2/c1-24-16-5-6-17-18(9-14-3-2-4-15(11-21)22-14)20(23-19(17)10-16)13-7-8-25-12-13/h2-8,10,12,23H,9H2,1H3. The van der Waals surface area contributed by atoms with Gasteiger partial charge in [-0.1, -0.05) is 6.07 Å². The zero-order chi connectivity index (χ0) is 17.2. The van der Waals surface area contributed by atoms with Crippen LogP contribution in [0.1, 0.15) is 17.0 Å². The number of furan rings is 1. The molecule has 3 heterocycles. The number of hydrogen-bond donors (Lipinski definition) is 1. The number of H-pyrrole nitrogens is 1. The summed E-state index contributed by atoms with van der Waals surface area (Å²) >= 11 is 0. The molecule has 0 spiro atoms. The van der Waals surface area contributed by atoms with E-state index < -0.39 is 0 Å². The number of fused-ring (bicyclic) bond motifs is 1. The number of aromatic nitrogens is 2. The van der Waals surface area contributed by atoms with Gasteiger partial charge in [0.25, 0.3) is 0 Å². The van der Waals surface area contributed by atoms with Crippen molar-refractivity contribution in [1.82, 2.24) is 9.97 Å². The van der Waals surface area contributed by atoms with Crippen molar-refractivity contribution in [1.29, 1.82) is 5.26 Å². The lowest BCUT2D eigenvalue weighted by Gasteiger charge is -2.04. The molecule has 0 unspecified atom stereocenters. The Hall–Kier alpha value is -3.52. The second-order valence-electron chi connectivity index (χ2n) is 5.70. The molecule has 0 aliphatic carbocycles. The molecule has 0 bridgehead atoms. The molecule has 0 aliphatic rings. The Bertz CT molecular complexity index is 1070. The molecule has 3 aromatic heterocycles. The van der Waals surface area contributed by atoms with Crippen LogP contribution < -0.4 is 4.74 Å². The molecule has 0 atom stereocenters. The van der Waals surface area contributed by atoms with Crippen LogP contribution in [-0.4, -0.2) is 17.1 Å². The van der Waals surface area contributed by atoms with Crippen molar-refractivity contribution in [3.05, 3.63) is 71.9 Å². The van der Waals surface area contributed by atoms with E-state index in [2.05, 4.69) is 16.0 Å². The van der Waals surface area contributed by atoms with Gasteiger partial charge in [-0.25, -0.2) is 4.98 Å². The predicted octanol–water partition coefficient (Wildman–Crippen LogP) is 4.29. The first kappa shape index (κ1) is 15.0. The lowest BCUT2D eigenvalue weighted by Crippen LogP contribution is -1.95. The summed E-state index contributed by atoms with van der Waals surface area (Å²) in [6.07, 6.45) is 3.98. The van der Waals surface area contributed by atoms with Crippen LogP contribution in [0.2, 0.25) is 0 Å². The lowest BCUT2D eigenvalue weighted by molar-refractivity contribution is 0.415. The van der Waals surface area contributed by atoms with E-state index in [-0.39, 0.29) is 0 Å². The molecule has 1 N–H and O–H groups in total. The van der Waals surface area contributed by atoms with Crippen LogP contribution in [0.15, 0.2) is 59.4 Å². The smallest absolute Gasteiger partial charge is 0.140 e. The van der Waals surface area contributed by atoms with Gasteiger partial charge in [0.15, 0.2) is 0 Å². The highest BCUT2D eigenvalue weighted by atomic mass is 16.5. The highest BCUT2D eigenvalue weighted by molar-refractivity contribution is 5.91. The van der Waals surface area contributed by atoms with Crippen molar-refractivity contribution in [2.75, 3.05) is 7.11 Å². The summed E-state index contributed by atoms with van der Waals surface area (Å²) in [5.74, 6) is 0.795. The van der Waals surface area contributed by atoms with Crippen molar-refractivity contribution in [3.8, 4) is 23.1 Å². The van der Waals surface area contributed by atoms with Crippen LogP contribution in [0.3, 0.4) is 0 Å². The summed E-state index contributed by atoms with van der Waals surface area (Å²) in [4.78, 5) is 7.86. The fourth-order valence-electron chi connectivity index (χ4n) is 3.02. The average Bonchev–Trinajstić information content (AvgIpc) is 3.29. The molecule has 5 heteroatoms. The summed E-state index contributed by atoms with van der Waals surface area (Å²) in [7, 11) is 1.65. The Labute approximate surface area is 144 Å². The minimum absolute atomic E-state index is 0.420. The molecule has 0 saturated heterocycles. The molecule has 0 fully saturated rings. The summed E-state index contributed by atoms with van der Waals surface area (Å²) in [6, 6.07) is 15.5. The number of hydrogen-bond acceptors (Lipinski definition) is 4. The quantitative estimate of drug-likeness (QED) is 0.606. The van der Waals surface area contributed by atoms with Crippen molar-refractivity contribution < 1.29 is 9.15 Å². The van der Waals surface area contributed by atoms with Crippen LogP contribution in [0, 0.1) is 11.3 Å². The maximum Gasteiger partial charge on any atom is 0.140 e. The largest absolute Gasteiger partial charge is 0.497 e. The molecular weight excluding hydrogens is 314 g/mol. The molecule has 4 aromatic rings. The molecular formula is C20H15N3O2. The summed E-state index contributed by atoms with van der Waals surface area (Å²) in [6.45, 7) is 0. The third kappa shape index (κ3) is 2.74. The summed E-state index contributed by atoms with van der Waals surface area (Å²) in [5, 5.41) is 10.2. The van der Waals surface area contributed by atoms with E-state index in [0.717, 1.165) is 39.2 Å². The number of benzene rings is 1. The van der Waals surface area contributed by atoms with E-state index in [9.17, 15) is 0 Å². The van der Waals surface area contributed by atoms with Gasteiger partial charge in [0.05, 0.1) is 25.3 Å². The Kier molecular flexibility index (Phi) is 3.71. The maximum absolute atomic E-state index is 9.08. The van der Waals surface area contributed by atoms with Crippen LogP contribution in [0.5, 0.6) is 5.75 Å². The first-order chi connectivity index (χ1) is 12.3. The second kappa shape index (κ2) is 6.17. The van der Waals surface area contributed by atoms with E-state index in [1.165, 1.54) is 0 Å². The topological polar surface area (TPSA) is 74.8 Å². The fourth-order valence-corrected chi connectivity index (χ4v) is 3.02. The van der Waals surface area contributed by atoms with Crippen LogP contribution in [0.4, 0.5) is 0 Å². The van der Waals surface area contributed by atoms with Crippen LogP contribution >= 0.6 is 0 Å². The SMILES string of the molecule is COc1ccc2c(Cc3cccc(C#N)n3)c(-c3ccoc3)[nH]c2c1. The molecule has 0 amide bonds. The van der Waals surface area contributed by atoms with Crippen molar-refractivity contribution in [2.45, 2.75) is 6.42 Å². The van der Waals surface area contributed by atoms with Gasteiger partial charge in [0.1, 0.15) is 17.5 Å². The second-order valence-corrected chi connectivity index (χ2v) is 5.70. The maximum atomic E-state index is 9.08. The van der Waals surface area contributed by atoms with Crippen molar-refractivity contribution in [3.63, 3.8) is 0 Å². The molecule has 0 radical (unpaired) electrons. The Morgan fingerprint density at radius 1 is 1.24 bits per heavy atom. The monoisotopic (exact) mass is 329 g/mol. The van der Waals surface area contributed by atoms with Gasteiger partial charge in [-0.05, 0) is 35.9 Å². The van der Waals surface area contributed by atoms with E-state index >= 15 is 0 Å². The number of ether oxygens (including phenoxy) is 1. The highest BCUT2D eigenvalue weighted by Gasteiger charge is 2.16. The first-order valence-electron chi connectivity index (χ1n) is 7.85. The van der Waals surface area contributed by atoms with Crippen molar-refractivity contribution in [2.24, 2.45) is 0 Å². The predicted molar refractivity (Wildman–Crippen MR) is 94.3 cm³/mol. The number of aromatic amines is 1. The zero-order valence-electron chi connectivity index (χ0n) is 13.6. The number of nitrogens with one attached hydrogen (secondary N) is 1. The van der Waals surface area contributed by atoms with Gasteiger partial charge in [0.2, 0.25) is 0 Å². The lowest BCUT2D eigenvalue weighted by atomic mass is 10.0. The highest BCUT2D eigenvalue weighted by Crippen LogP contribution is 2.33. The van der Waals surface area contributed by atoms with E-state index in [0.29, 0.717) is 12.1 Å². The number of nitrogens with zero attached hydrogens (tertiary/aromatic N) is 2. The van der Waals surface area contributed by atoms with E-state index in [1.807, 2.05) is 36.4 Å².